The van der Waals surface area contributed by atoms with E-state index in [0.29, 0.717) is 19.6 Å². The van der Waals surface area contributed by atoms with Gasteiger partial charge in [0.05, 0.1) is 6.61 Å². The van der Waals surface area contributed by atoms with Crippen LogP contribution in [-0.4, -0.2) is 29.1 Å². The zero-order valence-corrected chi connectivity index (χ0v) is 12.2. The van der Waals surface area contributed by atoms with E-state index in [1.165, 1.54) is 0 Å². The van der Waals surface area contributed by atoms with Gasteiger partial charge in [0.1, 0.15) is 0 Å². The van der Waals surface area contributed by atoms with Crippen LogP contribution in [-0.2, 0) is 35.3 Å². The molecule has 0 aliphatic carbocycles. The van der Waals surface area contributed by atoms with Crippen molar-refractivity contribution in [2.75, 3.05) is 13.2 Å². The van der Waals surface area contributed by atoms with Crippen molar-refractivity contribution in [3.63, 3.8) is 0 Å². The van der Waals surface area contributed by atoms with Gasteiger partial charge in [0.2, 0.25) is 0 Å². The number of halogens is 3. The summed E-state index contributed by atoms with van der Waals surface area (Å²) in [6.07, 6.45) is 1.84. The molecule has 2 rings (SSSR count). The van der Waals surface area contributed by atoms with Gasteiger partial charge in [-0.25, -0.2) is 0 Å². The van der Waals surface area contributed by atoms with E-state index < -0.39 is 9.58 Å². The third-order valence-electron chi connectivity index (χ3n) is 2.31. The summed E-state index contributed by atoms with van der Waals surface area (Å²) >= 11 is 18.0. The first-order chi connectivity index (χ1) is 6.54. The molecule has 2 atom stereocenters. The maximum absolute atomic E-state index is 6.05. The van der Waals surface area contributed by atoms with E-state index >= 15 is 0 Å². The fourth-order valence-corrected chi connectivity index (χ4v) is 2.12. The van der Waals surface area contributed by atoms with Crippen LogP contribution in [0.5, 0.6) is 0 Å². The van der Waals surface area contributed by atoms with Crippen LogP contribution in [0.1, 0.15) is 19.3 Å². The Hall–Kier alpha value is 1.44. The summed E-state index contributed by atoms with van der Waals surface area (Å²) in [5.41, 5.74) is 0. The summed E-state index contributed by atoms with van der Waals surface area (Å²) in [6, 6.07) is 0. The molecule has 0 aromatic carbocycles. The number of rotatable bonds is 2. The second-order valence-electron chi connectivity index (χ2n) is 3.40. The van der Waals surface area contributed by atoms with Gasteiger partial charge in [-0.05, 0) is 6.42 Å². The van der Waals surface area contributed by atoms with E-state index in [4.69, 9.17) is 49.0 Å². The predicted octanol–water partition coefficient (Wildman–Crippen LogP) is 2.62. The van der Waals surface area contributed by atoms with Crippen LogP contribution in [0.15, 0.2) is 0 Å². The summed E-state index contributed by atoms with van der Waals surface area (Å²) in [5.74, 6) is 0. The molecule has 2 unspecified atom stereocenters. The average molecular weight is 357 g/mol. The van der Waals surface area contributed by atoms with Crippen molar-refractivity contribution in [3.05, 3.63) is 0 Å². The average Bonchev–Trinajstić information content (AvgIpc) is 2.63. The smallest absolute Gasteiger partial charge is 0.285 e. The summed E-state index contributed by atoms with van der Waals surface area (Å²) in [6.45, 7) is 1.07. The predicted molar refractivity (Wildman–Crippen MR) is 53.6 cm³/mol. The van der Waals surface area contributed by atoms with Crippen molar-refractivity contribution >= 4 is 34.8 Å². The van der Waals surface area contributed by atoms with Crippen LogP contribution in [0, 0.1) is 0 Å². The Morgan fingerprint density at radius 1 is 1.20 bits per heavy atom. The van der Waals surface area contributed by atoms with Gasteiger partial charge >= 0.3 is 0 Å². The van der Waals surface area contributed by atoms with Crippen LogP contribution in [0.25, 0.3) is 0 Å². The van der Waals surface area contributed by atoms with Gasteiger partial charge in [-0.3, -0.25) is 0 Å². The molecular formula is C8H11Cl3MoO3. The van der Waals surface area contributed by atoms with Gasteiger partial charge in [0.15, 0.2) is 10.6 Å². The molecule has 3 nitrogen and oxygen atoms in total. The van der Waals surface area contributed by atoms with Gasteiger partial charge in [-0.15, -0.1) is 0 Å². The van der Waals surface area contributed by atoms with Gasteiger partial charge in [-0.1, -0.05) is 34.8 Å². The van der Waals surface area contributed by atoms with Crippen molar-refractivity contribution in [1.82, 2.24) is 0 Å². The van der Waals surface area contributed by atoms with Crippen LogP contribution < -0.4 is 0 Å². The monoisotopic (exact) mass is 358 g/mol. The zero-order valence-electron chi connectivity index (χ0n) is 7.88. The molecule has 2 saturated heterocycles. The normalized spacial score (nSPS) is 39.0. The molecule has 15 heavy (non-hydrogen) atoms. The molecule has 2 aliphatic heterocycles. The number of hydrogen-bond donors (Lipinski definition) is 0. The Balaban J connectivity index is 0.00000112. The molecule has 88 valence electrons. The third kappa shape index (κ3) is 3.01. The van der Waals surface area contributed by atoms with Crippen molar-refractivity contribution < 1.29 is 35.3 Å². The van der Waals surface area contributed by atoms with Crippen LogP contribution in [0.4, 0.5) is 0 Å². The fraction of sp³-hybridized carbons (Fsp3) is 1.00. The number of alkyl halides is 3. The molecule has 0 N–H and O–H groups in total. The molecular weight excluding hydrogens is 346 g/mol. The zero-order chi connectivity index (χ0) is 10.2. The topological polar surface area (TPSA) is 27.7 Å². The van der Waals surface area contributed by atoms with Gasteiger partial charge in [-0.2, -0.15) is 0 Å². The number of hydrogen-bond acceptors (Lipinski definition) is 3. The summed E-state index contributed by atoms with van der Waals surface area (Å²) < 4.78 is 14.7. The fourth-order valence-electron chi connectivity index (χ4n) is 1.50. The second-order valence-corrected chi connectivity index (χ2v) is 5.38. The summed E-state index contributed by atoms with van der Waals surface area (Å²) in [4.78, 5) is 0. The molecule has 0 amide bonds. The van der Waals surface area contributed by atoms with Gasteiger partial charge < -0.3 is 14.2 Å². The Morgan fingerprint density at radius 2 is 1.93 bits per heavy atom. The molecule has 7 heteroatoms. The molecule has 0 spiro atoms. The summed E-state index contributed by atoms with van der Waals surface area (Å²) in [5, 5.41) is -1.47. The standard InChI is InChI=1S/C8H11Cl3O3.Mo/c9-7(10)3-5-13-8(7,11)14-6-2-1-4-12-6;/h6H,1-5H2;. The van der Waals surface area contributed by atoms with E-state index in [0.717, 1.165) is 12.8 Å². The van der Waals surface area contributed by atoms with Crippen molar-refractivity contribution in [1.29, 1.82) is 0 Å². The van der Waals surface area contributed by atoms with E-state index in [1.54, 1.807) is 0 Å². The van der Waals surface area contributed by atoms with Crippen molar-refractivity contribution in [2.24, 2.45) is 0 Å². The first-order valence-corrected chi connectivity index (χ1v) is 5.67. The maximum atomic E-state index is 6.05. The Labute approximate surface area is 118 Å². The van der Waals surface area contributed by atoms with Gasteiger partial charge in [0, 0.05) is 40.5 Å². The Bertz CT molecular complexity index is 223. The minimum absolute atomic E-state index is 0. The molecule has 2 aliphatic rings. The third-order valence-corrected chi connectivity index (χ3v) is 3.90. The van der Waals surface area contributed by atoms with Crippen LogP contribution in [0.2, 0.25) is 0 Å². The van der Waals surface area contributed by atoms with E-state index in [2.05, 4.69) is 0 Å². The van der Waals surface area contributed by atoms with E-state index in [9.17, 15) is 0 Å². The van der Waals surface area contributed by atoms with Gasteiger partial charge in [0.25, 0.3) is 5.25 Å². The second kappa shape index (κ2) is 5.39. The SMILES string of the molecule is ClC1(Cl)CCOC1(Cl)OC1CCCO1.[Mo]. The first kappa shape index (κ1) is 14.5. The number of ether oxygens (including phenoxy) is 3. The quantitative estimate of drug-likeness (QED) is 0.562. The summed E-state index contributed by atoms with van der Waals surface area (Å²) in [7, 11) is 0. The molecule has 0 aromatic heterocycles. The van der Waals surface area contributed by atoms with Crippen molar-refractivity contribution in [2.45, 2.75) is 35.1 Å². The minimum Gasteiger partial charge on any atom is -0.352 e. The Kier molecular flexibility index (Phi) is 5.21. The van der Waals surface area contributed by atoms with Crippen LogP contribution in [0.3, 0.4) is 0 Å². The molecule has 2 heterocycles. The largest absolute Gasteiger partial charge is 0.352 e. The molecule has 2 fully saturated rings. The van der Waals surface area contributed by atoms with Crippen LogP contribution >= 0.6 is 34.8 Å². The molecule has 0 aromatic rings. The molecule has 0 saturated carbocycles. The Morgan fingerprint density at radius 3 is 2.40 bits per heavy atom. The first-order valence-electron chi connectivity index (χ1n) is 4.54. The van der Waals surface area contributed by atoms with E-state index in [-0.39, 0.29) is 27.4 Å². The molecule has 0 radical (unpaired) electrons. The van der Waals surface area contributed by atoms with Crippen molar-refractivity contribution in [3.8, 4) is 0 Å². The minimum atomic E-state index is -1.47. The van der Waals surface area contributed by atoms with E-state index in [1.807, 2.05) is 0 Å². The molecule has 0 bridgehead atoms. The maximum Gasteiger partial charge on any atom is 0.285 e.